The van der Waals surface area contributed by atoms with Crippen LogP contribution in [-0.4, -0.2) is 33.7 Å². The Morgan fingerprint density at radius 3 is 2.67 bits per heavy atom. The lowest BCUT2D eigenvalue weighted by Crippen LogP contribution is -2.21. The Balaban J connectivity index is 1.79. The number of benzene rings is 2. The number of hydrogen-bond acceptors (Lipinski definition) is 4. The fourth-order valence-electron chi connectivity index (χ4n) is 3.00. The maximum absolute atomic E-state index is 12.7. The molecule has 0 unspecified atom stereocenters. The quantitative estimate of drug-likeness (QED) is 0.563. The van der Waals surface area contributed by atoms with E-state index in [2.05, 4.69) is 27.8 Å². The maximum atomic E-state index is 12.7. The lowest BCUT2D eigenvalue weighted by atomic mass is 9.99. The van der Waals surface area contributed by atoms with Gasteiger partial charge in [0.25, 0.3) is 5.91 Å². The van der Waals surface area contributed by atoms with Crippen molar-refractivity contribution in [2.75, 3.05) is 18.5 Å². The number of aromatic nitrogens is 2. The number of hydrogen-bond donors (Lipinski definition) is 3. The summed E-state index contributed by atoms with van der Waals surface area (Å²) in [6.45, 7) is 3.11. The molecule has 0 radical (unpaired) electrons. The number of imidazole rings is 1. The molecule has 2 aromatic carbocycles. The molecule has 27 heavy (non-hydrogen) atoms. The van der Waals surface area contributed by atoms with Crippen LogP contribution in [0.1, 0.15) is 21.9 Å². The molecule has 1 aromatic heterocycles. The van der Waals surface area contributed by atoms with E-state index in [-0.39, 0.29) is 12.5 Å². The third-order valence-corrected chi connectivity index (χ3v) is 4.55. The number of nitrogens with zero attached hydrogens (tertiary/aromatic N) is 2. The van der Waals surface area contributed by atoms with Gasteiger partial charge in [0, 0.05) is 25.8 Å². The molecule has 0 aliphatic rings. The summed E-state index contributed by atoms with van der Waals surface area (Å²) in [5.74, 6) is 0.0968. The summed E-state index contributed by atoms with van der Waals surface area (Å²) in [6, 6.07) is 16.0. The van der Waals surface area contributed by atoms with Crippen LogP contribution in [0.25, 0.3) is 11.1 Å². The molecule has 0 aliphatic heterocycles. The molecule has 0 atom stereocenters. The summed E-state index contributed by atoms with van der Waals surface area (Å²) in [7, 11) is 1.81. The molecule has 3 rings (SSSR count). The van der Waals surface area contributed by atoms with Crippen LogP contribution in [-0.2, 0) is 13.6 Å². The van der Waals surface area contributed by atoms with E-state index in [4.69, 9.17) is 5.11 Å². The Bertz CT molecular complexity index is 919. The van der Waals surface area contributed by atoms with Crippen LogP contribution < -0.4 is 10.6 Å². The number of aliphatic hydroxyl groups is 1. The number of anilines is 1. The summed E-state index contributed by atoms with van der Waals surface area (Å²) in [5, 5.41) is 14.9. The van der Waals surface area contributed by atoms with Gasteiger partial charge in [0.1, 0.15) is 0 Å². The minimum absolute atomic E-state index is 0.0717. The number of carbonyl (C=O) groups excluding carboxylic acids is 1. The highest BCUT2D eigenvalue weighted by atomic mass is 16.3. The van der Waals surface area contributed by atoms with Crippen LogP contribution in [0.2, 0.25) is 0 Å². The largest absolute Gasteiger partial charge is 0.395 e. The van der Waals surface area contributed by atoms with E-state index >= 15 is 0 Å². The first-order valence-corrected chi connectivity index (χ1v) is 8.90. The first-order valence-electron chi connectivity index (χ1n) is 8.90. The van der Waals surface area contributed by atoms with Crippen molar-refractivity contribution in [2.45, 2.75) is 13.5 Å². The summed E-state index contributed by atoms with van der Waals surface area (Å²) in [5.41, 5.74) is 4.85. The van der Waals surface area contributed by atoms with Gasteiger partial charge in [0.15, 0.2) is 5.82 Å². The molecule has 3 aromatic rings. The first-order chi connectivity index (χ1) is 13.1. The Morgan fingerprint density at radius 2 is 1.93 bits per heavy atom. The lowest BCUT2D eigenvalue weighted by molar-refractivity contribution is 0.101. The van der Waals surface area contributed by atoms with Gasteiger partial charge in [-0.3, -0.25) is 4.79 Å². The molecule has 6 heteroatoms. The van der Waals surface area contributed by atoms with Crippen molar-refractivity contribution in [3.8, 4) is 11.1 Å². The van der Waals surface area contributed by atoms with Crippen molar-refractivity contribution < 1.29 is 9.90 Å². The van der Waals surface area contributed by atoms with E-state index in [1.807, 2.05) is 50.4 Å². The van der Waals surface area contributed by atoms with E-state index < -0.39 is 0 Å². The second-order valence-electron chi connectivity index (χ2n) is 6.33. The third kappa shape index (κ3) is 4.24. The standard InChI is InChI=1S/C21H24N4O2/c1-15-18(16-7-4-3-5-8-16)9-6-10-19(15)24-21(27)20-23-14-17(25(20)2)13-22-11-12-26/h3-10,14,22,26H,11-13H2,1-2H3,(H,24,27). The van der Waals surface area contributed by atoms with Crippen molar-refractivity contribution >= 4 is 11.6 Å². The van der Waals surface area contributed by atoms with Gasteiger partial charge < -0.3 is 20.3 Å². The average Bonchev–Trinajstić information content (AvgIpc) is 3.05. The van der Waals surface area contributed by atoms with Gasteiger partial charge in [0.2, 0.25) is 0 Å². The fourth-order valence-corrected chi connectivity index (χ4v) is 3.00. The number of amides is 1. The van der Waals surface area contributed by atoms with Gasteiger partial charge in [-0.15, -0.1) is 0 Å². The number of rotatable bonds is 7. The molecule has 1 amide bonds. The van der Waals surface area contributed by atoms with Crippen LogP contribution in [0.3, 0.4) is 0 Å². The first kappa shape index (κ1) is 18.8. The second-order valence-corrected chi connectivity index (χ2v) is 6.33. The Labute approximate surface area is 158 Å². The Hall–Kier alpha value is -2.96. The average molecular weight is 364 g/mol. The highest BCUT2D eigenvalue weighted by Gasteiger charge is 2.16. The molecule has 6 nitrogen and oxygen atoms in total. The normalized spacial score (nSPS) is 10.8. The Kier molecular flexibility index (Phi) is 6.01. The van der Waals surface area contributed by atoms with E-state index in [1.54, 1.807) is 10.8 Å². The SMILES string of the molecule is Cc1c(NC(=O)c2ncc(CNCCO)n2C)cccc1-c1ccccc1. The monoisotopic (exact) mass is 364 g/mol. The molecular formula is C21H24N4O2. The zero-order valence-electron chi connectivity index (χ0n) is 15.6. The molecular weight excluding hydrogens is 340 g/mol. The fraction of sp³-hybridized carbons (Fsp3) is 0.238. The van der Waals surface area contributed by atoms with Gasteiger partial charge in [-0.1, -0.05) is 42.5 Å². The zero-order chi connectivity index (χ0) is 19.2. The maximum Gasteiger partial charge on any atom is 0.291 e. The molecule has 0 spiro atoms. The number of carbonyl (C=O) groups is 1. The van der Waals surface area contributed by atoms with Crippen LogP contribution in [0, 0.1) is 6.92 Å². The van der Waals surface area contributed by atoms with Crippen molar-refractivity contribution in [1.29, 1.82) is 0 Å². The van der Waals surface area contributed by atoms with Gasteiger partial charge in [-0.05, 0) is 29.7 Å². The molecule has 0 saturated heterocycles. The van der Waals surface area contributed by atoms with Crippen LogP contribution in [0.4, 0.5) is 5.69 Å². The van der Waals surface area contributed by atoms with Gasteiger partial charge in [-0.25, -0.2) is 4.98 Å². The number of aliphatic hydroxyl groups excluding tert-OH is 1. The minimum Gasteiger partial charge on any atom is -0.395 e. The smallest absolute Gasteiger partial charge is 0.291 e. The van der Waals surface area contributed by atoms with Crippen molar-refractivity contribution in [1.82, 2.24) is 14.9 Å². The van der Waals surface area contributed by atoms with Gasteiger partial charge in [0.05, 0.1) is 18.5 Å². The molecule has 1 heterocycles. The summed E-state index contributed by atoms with van der Waals surface area (Å²) in [4.78, 5) is 17.0. The molecule has 140 valence electrons. The second kappa shape index (κ2) is 8.62. The molecule has 0 bridgehead atoms. The zero-order valence-corrected chi connectivity index (χ0v) is 15.6. The van der Waals surface area contributed by atoms with Gasteiger partial charge in [-0.2, -0.15) is 0 Å². The van der Waals surface area contributed by atoms with E-state index in [0.29, 0.717) is 18.9 Å². The topological polar surface area (TPSA) is 79.2 Å². The highest BCUT2D eigenvalue weighted by molar-refractivity contribution is 6.02. The van der Waals surface area contributed by atoms with Crippen LogP contribution >= 0.6 is 0 Å². The van der Waals surface area contributed by atoms with Gasteiger partial charge >= 0.3 is 0 Å². The molecule has 0 saturated carbocycles. The molecule has 3 N–H and O–H groups in total. The Morgan fingerprint density at radius 1 is 1.15 bits per heavy atom. The van der Waals surface area contributed by atoms with E-state index in [1.165, 1.54) is 0 Å². The van der Waals surface area contributed by atoms with Crippen LogP contribution in [0.5, 0.6) is 0 Å². The summed E-state index contributed by atoms with van der Waals surface area (Å²) < 4.78 is 1.76. The highest BCUT2D eigenvalue weighted by Crippen LogP contribution is 2.28. The third-order valence-electron chi connectivity index (χ3n) is 4.55. The van der Waals surface area contributed by atoms with Crippen molar-refractivity contribution in [3.63, 3.8) is 0 Å². The minimum atomic E-state index is -0.251. The van der Waals surface area contributed by atoms with Crippen molar-refractivity contribution in [2.24, 2.45) is 7.05 Å². The predicted octanol–water partition coefficient (Wildman–Crippen LogP) is 2.73. The molecule has 0 fully saturated rings. The number of nitrogens with one attached hydrogen (secondary N) is 2. The molecule has 0 aliphatic carbocycles. The van der Waals surface area contributed by atoms with E-state index in [0.717, 1.165) is 28.1 Å². The summed E-state index contributed by atoms with van der Waals surface area (Å²) >= 11 is 0. The van der Waals surface area contributed by atoms with Crippen LogP contribution in [0.15, 0.2) is 54.7 Å². The lowest BCUT2D eigenvalue weighted by Gasteiger charge is -2.13. The van der Waals surface area contributed by atoms with E-state index in [9.17, 15) is 4.79 Å². The predicted molar refractivity (Wildman–Crippen MR) is 107 cm³/mol. The van der Waals surface area contributed by atoms with Crippen molar-refractivity contribution in [3.05, 3.63) is 71.8 Å². The summed E-state index contributed by atoms with van der Waals surface area (Å²) in [6.07, 6.45) is 1.67.